The summed E-state index contributed by atoms with van der Waals surface area (Å²) in [4.78, 5) is 11.2. The summed E-state index contributed by atoms with van der Waals surface area (Å²) >= 11 is 0. The van der Waals surface area contributed by atoms with Gasteiger partial charge >= 0.3 is 0 Å². The van der Waals surface area contributed by atoms with Gasteiger partial charge in [0.25, 0.3) is 0 Å². The molecule has 1 fully saturated rings. The van der Waals surface area contributed by atoms with Gasteiger partial charge in [-0.05, 0) is 30.1 Å². The first kappa shape index (κ1) is 9.51. The number of benzene rings is 1. The van der Waals surface area contributed by atoms with Crippen LogP contribution in [0, 0.1) is 0 Å². The van der Waals surface area contributed by atoms with Crippen molar-refractivity contribution in [2.75, 3.05) is 0 Å². The molecule has 2 rings (SSSR count). The molecule has 0 heterocycles. The van der Waals surface area contributed by atoms with Crippen LogP contribution in [0.25, 0.3) is 0 Å². The molecule has 0 amide bonds. The van der Waals surface area contributed by atoms with Gasteiger partial charge in [0.1, 0.15) is 5.78 Å². The Balaban J connectivity index is 2.11. The zero-order chi connectivity index (χ0) is 9.97. The molecule has 0 bridgehead atoms. The molecule has 0 aliphatic heterocycles. The molecule has 1 saturated carbocycles. The summed E-state index contributed by atoms with van der Waals surface area (Å²) in [6.07, 6.45) is 2.40. The van der Waals surface area contributed by atoms with E-state index in [1.165, 1.54) is 5.56 Å². The van der Waals surface area contributed by atoms with E-state index in [2.05, 4.69) is 12.1 Å². The van der Waals surface area contributed by atoms with E-state index in [9.17, 15) is 4.79 Å². The van der Waals surface area contributed by atoms with Crippen molar-refractivity contribution in [3.05, 3.63) is 35.9 Å². The molecule has 14 heavy (non-hydrogen) atoms. The lowest BCUT2D eigenvalue weighted by molar-refractivity contribution is -0.120. The second-order valence-corrected chi connectivity index (χ2v) is 3.95. The summed E-state index contributed by atoms with van der Waals surface area (Å²) in [5, 5.41) is 0. The van der Waals surface area contributed by atoms with E-state index in [1.54, 1.807) is 0 Å². The highest BCUT2D eigenvalue weighted by Crippen LogP contribution is 2.35. The van der Waals surface area contributed by atoms with Gasteiger partial charge < -0.3 is 4.79 Å². The molecule has 0 spiro atoms. The Morgan fingerprint density at radius 2 is 1.93 bits per heavy atom. The van der Waals surface area contributed by atoms with E-state index in [0.717, 1.165) is 12.8 Å². The van der Waals surface area contributed by atoms with Gasteiger partial charge in [-0.25, -0.2) is 0 Å². The third-order valence-corrected chi connectivity index (χ3v) is 2.96. The van der Waals surface area contributed by atoms with Gasteiger partial charge in [0, 0.05) is 6.42 Å². The molecular weight excluding hydrogens is 171 g/mol. The molecule has 1 aliphatic rings. The van der Waals surface area contributed by atoms with Crippen LogP contribution in [0.3, 0.4) is 0 Å². The Morgan fingerprint density at radius 3 is 2.57 bits per heavy atom. The summed E-state index contributed by atoms with van der Waals surface area (Å²) in [7, 11) is 5.76. The van der Waals surface area contributed by atoms with Crippen LogP contribution in [0.15, 0.2) is 30.3 Å². The Morgan fingerprint density at radius 1 is 1.21 bits per heavy atom. The third-order valence-electron chi connectivity index (χ3n) is 2.96. The fraction of sp³-hybridized carbons (Fsp3) is 0.417. The highest BCUT2D eigenvalue weighted by atomic mass is 16.1. The van der Waals surface area contributed by atoms with Gasteiger partial charge in [-0.1, -0.05) is 30.3 Å². The molecule has 2 heteroatoms. The number of hydrogen-bond donors (Lipinski definition) is 0. The Kier molecular flexibility index (Phi) is 2.71. The van der Waals surface area contributed by atoms with Crippen molar-refractivity contribution in [1.29, 1.82) is 0 Å². The molecule has 2 radical (unpaired) electrons. The second kappa shape index (κ2) is 3.99. The van der Waals surface area contributed by atoms with Gasteiger partial charge in [-0.3, -0.25) is 0 Å². The van der Waals surface area contributed by atoms with E-state index in [0.29, 0.717) is 12.3 Å². The molecule has 1 aliphatic carbocycles. The molecule has 0 N–H and O–H groups in total. The highest BCUT2D eigenvalue weighted by Gasteiger charge is 2.25. The number of ketones is 1. The zero-order valence-electron chi connectivity index (χ0n) is 8.15. The summed E-state index contributed by atoms with van der Waals surface area (Å²) in [6, 6.07) is 10.3. The maximum atomic E-state index is 11.2. The molecule has 1 aromatic carbocycles. The average Bonchev–Trinajstić information content (AvgIpc) is 2.23. The molecule has 0 aromatic heterocycles. The summed E-state index contributed by atoms with van der Waals surface area (Å²) < 4.78 is 0. The number of carbonyl (C=O) groups excluding carboxylic acids is 1. The van der Waals surface area contributed by atoms with E-state index in [-0.39, 0.29) is 11.6 Å². The average molecular weight is 184 g/mol. The van der Waals surface area contributed by atoms with Crippen LogP contribution in [0.4, 0.5) is 0 Å². The molecule has 0 saturated heterocycles. The van der Waals surface area contributed by atoms with Gasteiger partial charge in [0.2, 0.25) is 0 Å². The summed E-state index contributed by atoms with van der Waals surface area (Å²) in [5.41, 5.74) is 1.32. The van der Waals surface area contributed by atoms with Crippen molar-refractivity contribution < 1.29 is 4.79 Å². The summed E-state index contributed by atoms with van der Waals surface area (Å²) in [6.45, 7) is 0. The molecule has 2 unspecified atom stereocenters. The van der Waals surface area contributed by atoms with Gasteiger partial charge in [0.15, 0.2) is 0 Å². The topological polar surface area (TPSA) is 17.1 Å². The Labute approximate surface area is 85.9 Å². The molecule has 1 aromatic rings. The normalized spacial score (nSPS) is 27.6. The van der Waals surface area contributed by atoms with Crippen LogP contribution in [0.1, 0.15) is 30.7 Å². The van der Waals surface area contributed by atoms with Crippen LogP contribution in [-0.4, -0.2) is 13.6 Å². The molecule has 1 nitrogen and oxygen atoms in total. The monoisotopic (exact) mass is 184 g/mol. The van der Waals surface area contributed by atoms with Crippen LogP contribution in [-0.2, 0) is 4.79 Å². The molecule has 2 atom stereocenters. The maximum Gasteiger partial charge on any atom is 0.127 e. The van der Waals surface area contributed by atoms with E-state index >= 15 is 0 Å². The van der Waals surface area contributed by atoms with Crippen molar-refractivity contribution in [2.24, 2.45) is 0 Å². The number of carbonyl (C=O) groups is 1. The van der Waals surface area contributed by atoms with E-state index in [4.69, 9.17) is 7.85 Å². The number of rotatable bonds is 1. The molecular formula is C12H13BO. The smallest absolute Gasteiger partial charge is 0.127 e. The van der Waals surface area contributed by atoms with E-state index < -0.39 is 0 Å². The first-order valence-corrected chi connectivity index (χ1v) is 5.10. The minimum atomic E-state index is -0.242. The van der Waals surface area contributed by atoms with Gasteiger partial charge in [0.05, 0.1) is 7.85 Å². The highest BCUT2D eigenvalue weighted by molar-refractivity contribution is 6.24. The SMILES string of the molecule is [B]C1CC(c2ccccc2)CCC1=O. The minimum Gasteiger partial charge on any atom is -0.300 e. The predicted molar refractivity (Wildman–Crippen MR) is 57.5 cm³/mol. The van der Waals surface area contributed by atoms with Gasteiger partial charge in [-0.2, -0.15) is 0 Å². The summed E-state index contributed by atoms with van der Waals surface area (Å²) in [5.74, 6) is 0.454. The fourth-order valence-electron chi connectivity index (χ4n) is 2.09. The van der Waals surface area contributed by atoms with Crippen molar-refractivity contribution in [3.63, 3.8) is 0 Å². The molecule has 70 valence electrons. The van der Waals surface area contributed by atoms with Crippen molar-refractivity contribution in [3.8, 4) is 0 Å². The maximum absolute atomic E-state index is 11.2. The minimum absolute atomic E-state index is 0.220. The fourth-order valence-corrected chi connectivity index (χ4v) is 2.09. The first-order valence-electron chi connectivity index (χ1n) is 5.10. The van der Waals surface area contributed by atoms with Crippen molar-refractivity contribution >= 4 is 13.6 Å². The largest absolute Gasteiger partial charge is 0.300 e. The first-order chi connectivity index (χ1) is 6.77. The Hall–Kier alpha value is -1.05. The van der Waals surface area contributed by atoms with Gasteiger partial charge in [-0.15, -0.1) is 0 Å². The van der Waals surface area contributed by atoms with Crippen molar-refractivity contribution in [1.82, 2.24) is 0 Å². The van der Waals surface area contributed by atoms with Crippen molar-refractivity contribution in [2.45, 2.75) is 31.0 Å². The van der Waals surface area contributed by atoms with Crippen LogP contribution in [0.2, 0.25) is 5.82 Å². The lowest BCUT2D eigenvalue weighted by Crippen LogP contribution is -2.19. The zero-order valence-corrected chi connectivity index (χ0v) is 8.15. The number of Topliss-reactive ketones (excluding diaryl/α,β-unsaturated/α-hetero) is 1. The third kappa shape index (κ3) is 1.89. The van der Waals surface area contributed by atoms with Crippen LogP contribution >= 0.6 is 0 Å². The number of hydrogen-bond acceptors (Lipinski definition) is 1. The predicted octanol–water partition coefficient (Wildman–Crippen LogP) is 2.48. The van der Waals surface area contributed by atoms with Crippen LogP contribution in [0.5, 0.6) is 0 Å². The lowest BCUT2D eigenvalue weighted by atomic mass is 9.68. The standard InChI is InChI=1S/C12H13BO/c13-11-8-10(6-7-12(11)14)9-4-2-1-3-5-9/h1-5,10-11H,6-8H2. The quantitative estimate of drug-likeness (QED) is 0.612. The van der Waals surface area contributed by atoms with Crippen LogP contribution < -0.4 is 0 Å². The lowest BCUT2D eigenvalue weighted by Gasteiger charge is -2.26. The second-order valence-electron chi connectivity index (χ2n) is 3.95. The van der Waals surface area contributed by atoms with E-state index in [1.807, 2.05) is 18.2 Å². The Bertz CT molecular complexity index is 320.